The maximum atomic E-state index is 12.9. The number of thioether (sulfide) groups is 2. The molecule has 0 spiro atoms. The molecule has 27 heavy (non-hydrogen) atoms. The zero-order valence-electron chi connectivity index (χ0n) is 15.0. The van der Waals surface area contributed by atoms with Gasteiger partial charge >= 0.3 is 0 Å². The van der Waals surface area contributed by atoms with Crippen LogP contribution >= 0.6 is 35.1 Å². The minimum absolute atomic E-state index is 0.131. The van der Waals surface area contributed by atoms with Crippen molar-refractivity contribution in [3.8, 4) is 0 Å². The number of carbonyl (C=O) groups is 2. The molecule has 0 aliphatic heterocycles. The van der Waals surface area contributed by atoms with E-state index in [2.05, 4.69) is 5.32 Å². The summed E-state index contributed by atoms with van der Waals surface area (Å²) >= 11 is 8.85. The van der Waals surface area contributed by atoms with Crippen molar-refractivity contribution < 1.29 is 14.0 Å². The Hall–Kier alpha value is -1.89. The maximum Gasteiger partial charge on any atom is 0.261 e. The quantitative estimate of drug-likeness (QED) is 0.311. The molecular formula is C20H20ClNO3S2. The molecular weight excluding hydrogens is 402 g/mol. The molecule has 0 aliphatic rings. The van der Waals surface area contributed by atoms with Crippen LogP contribution in [0.3, 0.4) is 0 Å². The lowest BCUT2D eigenvalue weighted by molar-refractivity contribution is -0.117. The first-order chi connectivity index (χ1) is 13.0. The lowest BCUT2D eigenvalue weighted by Crippen LogP contribution is -2.20. The van der Waals surface area contributed by atoms with Crippen LogP contribution in [0.1, 0.15) is 19.6 Å². The number of nitrogens with one attached hydrogen (secondary N) is 1. The fraction of sp³-hybridized carbons (Fsp3) is 0.200. The van der Waals surface area contributed by atoms with Gasteiger partial charge in [0.05, 0.1) is 10.5 Å². The highest BCUT2D eigenvalue weighted by Gasteiger charge is 2.22. The van der Waals surface area contributed by atoms with E-state index < -0.39 is 5.91 Å². The predicted molar refractivity (Wildman–Crippen MR) is 116 cm³/mol. The molecule has 0 fully saturated rings. The Bertz CT molecular complexity index is 819. The Kier molecular flexibility index (Phi) is 8.78. The molecule has 1 amide bonds. The van der Waals surface area contributed by atoms with Gasteiger partial charge in [-0.05, 0) is 60.1 Å². The standard InChI is InChI=1S/C20H20ClNO3S2/c1-3-26-20(27-4-2)18(17(23)12-11-16-6-5-13-25-16)19(24)22-15-9-7-14(21)8-10-15/h5-13H,3-4H2,1-2H3,(H,22,24)/b12-11+. The monoisotopic (exact) mass is 421 g/mol. The van der Waals surface area contributed by atoms with Crippen LogP contribution in [0.25, 0.3) is 6.08 Å². The molecule has 0 atom stereocenters. The van der Waals surface area contributed by atoms with Gasteiger partial charge in [-0.25, -0.2) is 0 Å². The zero-order valence-corrected chi connectivity index (χ0v) is 17.4. The van der Waals surface area contributed by atoms with Crippen LogP contribution in [-0.2, 0) is 9.59 Å². The van der Waals surface area contributed by atoms with Crippen molar-refractivity contribution in [1.82, 2.24) is 0 Å². The van der Waals surface area contributed by atoms with Crippen LogP contribution in [0, 0.1) is 0 Å². The van der Waals surface area contributed by atoms with E-state index in [0.717, 1.165) is 11.5 Å². The van der Waals surface area contributed by atoms with E-state index in [0.29, 0.717) is 20.7 Å². The highest BCUT2D eigenvalue weighted by molar-refractivity contribution is 8.22. The zero-order chi connectivity index (χ0) is 19.6. The van der Waals surface area contributed by atoms with Crippen molar-refractivity contribution >= 4 is 58.6 Å². The van der Waals surface area contributed by atoms with Crippen molar-refractivity contribution in [2.75, 3.05) is 16.8 Å². The number of rotatable bonds is 9. The highest BCUT2D eigenvalue weighted by atomic mass is 35.5. The van der Waals surface area contributed by atoms with Gasteiger partial charge in [-0.1, -0.05) is 25.4 Å². The third-order valence-corrected chi connectivity index (χ3v) is 5.74. The summed E-state index contributed by atoms with van der Waals surface area (Å²) in [7, 11) is 0. The lowest BCUT2D eigenvalue weighted by atomic mass is 10.1. The van der Waals surface area contributed by atoms with E-state index in [1.165, 1.54) is 35.9 Å². The van der Waals surface area contributed by atoms with Crippen LogP contribution in [-0.4, -0.2) is 23.2 Å². The number of benzene rings is 1. The average Bonchev–Trinajstić information content (AvgIpc) is 3.16. The van der Waals surface area contributed by atoms with E-state index in [1.54, 1.807) is 42.5 Å². The first-order valence-corrected chi connectivity index (χ1v) is 10.7. The molecule has 1 aromatic carbocycles. The third-order valence-electron chi connectivity index (χ3n) is 3.27. The summed E-state index contributed by atoms with van der Waals surface area (Å²) in [6, 6.07) is 10.2. The van der Waals surface area contributed by atoms with E-state index in [4.69, 9.17) is 16.0 Å². The first-order valence-electron chi connectivity index (χ1n) is 8.37. The molecule has 0 aliphatic carbocycles. The molecule has 4 nitrogen and oxygen atoms in total. The van der Waals surface area contributed by atoms with Crippen molar-refractivity contribution in [3.63, 3.8) is 0 Å². The Morgan fingerprint density at radius 1 is 1.11 bits per heavy atom. The molecule has 0 unspecified atom stereocenters. The highest BCUT2D eigenvalue weighted by Crippen LogP contribution is 2.32. The number of amides is 1. The largest absolute Gasteiger partial charge is 0.465 e. The maximum absolute atomic E-state index is 12.9. The van der Waals surface area contributed by atoms with Gasteiger partial charge in [0, 0.05) is 10.7 Å². The van der Waals surface area contributed by atoms with Crippen LogP contribution < -0.4 is 5.32 Å². The summed E-state index contributed by atoms with van der Waals surface area (Å²) in [4.78, 5) is 25.7. The van der Waals surface area contributed by atoms with Gasteiger partial charge in [-0.3, -0.25) is 9.59 Å². The normalized spacial score (nSPS) is 10.8. The van der Waals surface area contributed by atoms with Gasteiger partial charge in [0.25, 0.3) is 5.91 Å². The molecule has 0 saturated carbocycles. The smallest absolute Gasteiger partial charge is 0.261 e. The van der Waals surface area contributed by atoms with E-state index >= 15 is 0 Å². The minimum atomic E-state index is -0.441. The fourth-order valence-corrected chi connectivity index (χ4v) is 4.47. The SMILES string of the molecule is CCSC(SCC)=C(C(=O)/C=C/c1ccco1)C(=O)Nc1ccc(Cl)cc1. The van der Waals surface area contributed by atoms with Gasteiger partial charge in [-0.15, -0.1) is 23.5 Å². The number of hydrogen-bond acceptors (Lipinski definition) is 5. The molecule has 2 rings (SSSR count). The lowest BCUT2D eigenvalue weighted by Gasteiger charge is -2.12. The molecule has 7 heteroatoms. The van der Waals surface area contributed by atoms with Crippen LogP contribution in [0.4, 0.5) is 5.69 Å². The van der Waals surface area contributed by atoms with Crippen LogP contribution in [0.15, 0.2) is 63.0 Å². The van der Waals surface area contributed by atoms with Crippen molar-refractivity contribution in [2.24, 2.45) is 0 Å². The molecule has 0 bridgehead atoms. The molecule has 0 saturated heterocycles. The number of halogens is 1. The van der Waals surface area contributed by atoms with Crippen LogP contribution in [0.5, 0.6) is 0 Å². The minimum Gasteiger partial charge on any atom is -0.465 e. The fourth-order valence-electron chi connectivity index (χ4n) is 2.11. The number of ketones is 1. The van der Waals surface area contributed by atoms with E-state index in [-0.39, 0.29) is 11.4 Å². The molecule has 2 aromatic rings. The number of hydrogen-bond donors (Lipinski definition) is 1. The summed E-state index contributed by atoms with van der Waals surface area (Å²) in [5, 5.41) is 3.35. The number of carbonyl (C=O) groups excluding carboxylic acids is 2. The summed E-state index contributed by atoms with van der Waals surface area (Å²) < 4.78 is 5.92. The van der Waals surface area contributed by atoms with Crippen molar-refractivity contribution in [2.45, 2.75) is 13.8 Å². The van der Waals surface area contributed by atoms with Gasteiger partial charge < -0.3 is 9.73 Å². The number of anilines is 1. The second-order valence-electron chi connectivity index (χ2n) is 5.20. The van der Waals surface area contributed by atoms with Crippen LogP contribution in [0.2, 0.25) is 5.02 Å². The summed E-state index contributed by atoms with van der Waals surface area (Å²) in [6.45, 7) is 3.97. The summed E-state index contributed by atoms with van der Waals surface area (Å²) in [6.07, 6.45) is 4.45. The Morgan fingerprint density at radius 2 is 1.78 bits per heavy atom. The first kappa shape index (κ1) is 21.4. The third kappa shape index (κ3) is 6.65. The molecule has 1 heterocycles. The molecule has 142 valence electrons. The molecule has 0 radical (unpaired) electrons. The van der Waals surface area contributed by atoms with E-state index in [9.17, 15) is 9.59 Å². The summed E-state index contributed by atoms with van der Waals surface area (Å²) in [5.74, 6) is 1.26. The van der Waals surface area contributed by atoms with Crippen molar-refractivity contribution in [3.05, 3.63) is 69.3 Å². The Morgan fingerprint density at radius 3 is 2.33 bits per heavy atom. The number of furan rings is 1. The van der Waals surface area contributed by atoms with Gasteiger partial charge in [0.15, 0.2) is 5.78 Å². The molecule has 1 aromatic heterocycles. The van der Waals surface area contributed by atoms with E-state index in [1.807, 2.05) is 13.8 Å². The average molecular weight is 422 g/mol. The second kappa shape index (κ2) is 11.1. The van der Waals surface area contributed by atoms with Gasteiger partial charge in [-0.2, -0.15) is 0 Å². The van der Waals surface area contributed by atoms with Gasteiger partial charge in [0.1, 0.15) is 11.3 Å². The molecule has 1 N–H and O–H groups in total. The Balaban J connectivity index is 2.32. The second-order valence-corrected chi connectivity index (χ2v) is 8.45. The summed E-state index contributed by atoms with van der Waals surface area (Å²) in [5.41, 5.74) is 0.707. The van der Waals surface area contributed by atoms with Crippen molar-refractivity contribution in [1.29, 1.82) is 0 Å². The number of allylic oxidation sites excluding steroid dienone is 1. The predicted octanol–water partition coefficient (Wildman–Crippen LogP) is 5.87. The topological polar surface area (TPSA) is 59.3 Å². The van der Waals surface area contributed by atoms with Gasteiger partial charge in [0.2, 0.25) is 0 Å². The Labute approximate surface area is 172 Å².